The van der Waals surface area contributed by atoms with Crippen LogP contribution in [0.25, 0.3) is 0 Å². The van der Waals surface area contributed by atoms with E-state index in [0.29, 0.717) is 18.7 Å². The molecule has 2 atom stereocenters. The zero-order valence-corrected chi connectivity index (χ0v) is 12.8. The molecule has 0 bridgehead atoms. The van der Waals surface area contributed by atoms with Crippen molar-refractivity contribution >= 4 is 33.6 Å². The number of rotatable bonds is 3. The van der Waals surface area contributed by atoms with Gasteiger partial charge in [-0.15, -0.1) is 0 Å². The molecule has 0 aliphatic heterocycles. The van der Waals surface area contributed by atoms with E-state index in [2.05, 4.69) is 26.2 Å². The summed E-state index contributed by atoms with van der Waals surface area (Å²) >= 11 is 3.35. The lowest BCUT2D eigenvalue weighted by atomic mass is 9.79. The van der Waals surface area contributed by atoms with Gasteiger partial charge in [-0.3, -0.25) is 9.59 Å². The Morgan fingerprint density at radius 1 is 1.30 bits per heavy atom. The Hall–Kier alpha value is -1.43. The topological polar surface area (TPSA) is 79.3 Å². The second-order valence-electron chi connectivity index (χ2n) is 5.09. The standard InChI is InChI=1S/C14H17BrN2O3/c1-8-11(15)6-7-12(16-8)17-13(18)9-4-2-3-5-10(9)14(19)20/h6-7,9-10H,2-5H2,1H3,(H,19,20)(H,16,17,18)/t9-,10+/m1/s1. The fourth-order valence-electron chi connectivity index (χ4n) is 2.57. The van der Waals surface area contributed by atoms with Crippen LogP contribution in [0, 0.1) is 18.8 Å². The molecular formula is C14H17BrN2O3. The number of amides is 1. The first-order valence-electron chi connectivity index (χ1n) is 6.66. The average molecular weight is 341 g/mol. The van der Waals surface area contributed by atoms with Crippen molar-refractivity contribution < 1.29 is 14.7 Å². The molecule has 1 aromatic heterocycles. The van der Waals surface area contributed by atoms with Crippen LogP contribution in [0.3, 0.4) is 0 Å². The van der Waals surface area contributed by atoms with Crippen molar-refractivity contribution in [1.29, 1.82) is 0 Å². The van der Waals surface area contributed by atoms with E-state index >= 15 is 0 Å². The number of carbonyl (C=O) groups excluding carboxylic acids is 1. The molecule has 0 aromatic carbocycles. The minimum atomic E-state index is -0.884. The molecule has 0 radical (unpaired) electrons. The second kappa shape index (κ2) is 6.35. The number of aryl methyl sites for hydroxylation is 1. The molecule has 1 aliphatic rings. The lowest BCUT2D eigenvalue weighted by Crippen LogP contribution is -2.36. The Bertz CT molecular complexity index is 533. The van der Waals surface area contributed by atoms with Crippen LogP contribution in [0.4, 0.5) is 5.82 Å². The second-order valence-corrected chi connectivity index (χ2v) is 5.94. The van der Waals surface area contributed by atoms with E-state index in [4.69, 9.17) is 0 Å². The lowest BCUT2D eigenvalue weighted by molar-refractivity contribution is -0.147. The highest BCUT2D eigenvalue weighted by atomic mass is 79.9. The van der Waals surface area contributed by atoms with Crippen LogP contribution >= 0.6 is 15.9 Å². The van der Waals surface area contributed by atoms with Crippen molar-refractivity contribution in [2.24, 2.45) is 11.8 Å². The number of carbonyl (C=O) groups is 2. The summed E-state index contributed by atoms with van der Waals surface area (Å²) in [7, 11) is 0. The van der Waals surface area contributed by atoms with Crippen molar-refractivity contribution in [3.63, 3.8) is 0 Å². The molecule has 108 valence electrons. The zero-order valence-electron chi connectivity index (χ0n) is 11.2. The van der Waals surface area contributed by atoms with Crippen LogP contribution in [0.2, 0.25) is 0 Å². The molecule has 2 N–H and O–H groups in total. The molecule has 1 fully saturated rings. The first kappa shape index (κ1) is 15.0. The third-order valence-electron chi connectivity index (χ3n) is 3.69. The molecule has 2 rings (SSSR count). The van der Waals surface area contributed by atoms with Gasteiger partial charge in [-0.1, -0.05) is 12.8 Å². The van der Waals surface area contributed by atoms with Crippen LogP contribution in [0.5, 0.6) is 0 Å². The van der Waals surface area contributed by atoms with Gasteiger partial charge in [0.1, 0.15) is 5.82 Å². The van der Waals surface area contributed by atoms with Gasteiger partial charge in [0, 0.05) is 4.47 Å². The fraction of sp³-hybridized carbons (Fsp3) is 0.500. The average Bonchev–Trinajstić information content (AvgIpc) is 2.43. The van der Waals surface area contributed by atoms with Crippen LogP contribution in [0.15, 0.2) is 16.6 Å². The highest BCUT2D eigenvalue weighted by Gasteiger charge is 2.35. The summed E-state index contributed by atoms with van der Waals surface area (Å²) in [5, 5.41) is 11.9. The Kier molecular flexibility index (Phi) is 4.75. The van der Waals surface area contributed by atoms with Gasteiger partial charge >= 0.3 is 5.97 Å². The van der Waals surface area contributed by atoms with E-state index in [1.165, 1.54) is 0 Å². The van der Waals surface area contributed by atoms with Gasteiger partial charge in [0.15, 0.2) is 0 Å². The predicted octanol–water partition coefficient (Wildman–Crippen LogP) is 2.98. The van der Waals surface area contributed by atoms with Gasteiger partial charge in [-0.2, -0.15) is 0 Å². The predicted molar refractivity (Wildman–Crippen MR) is 78.4 cm³/mol. The van der Waals surface area contributed by atoms with E-state index in [1.807, 2.05) is 13.0 Å². The van der Waals surface area contributed by atoms with Crippen molar-refractivity contribution in [1.82, 2.24) is 4.98 Å². The maximum absolute atomic E-state index is 12.3. The number of nitrogens with one attached hydrogen (secondary N) is 1. The van der Waals surface area contributed by atoms with Crippen LogP contribution in [-0.2, 0) is 9.59 Å². The molecule has 1 heterocycles. The number of carboxylic acid groups (broad SMARTS) is 1. The molecule has 0 saturated heterocycles. The number of pyridine rings is 1. The Labute approximate surface area is 125 Å². The first-order chi connectivity index (χ1) is 9.49. The van der Waals surface area contributed by atoms with Crippen LogP contribution in [0.1, 0.15) is 31.4 Å². The number of nitrogens with zero attached hydrogens (tertiary/aromatic N) is 1. The number of aliphatic carboxylic acids is 1. The minimum absolute atomic E-state index is 0.244. The van der Waals surface area contributed by atoms with Gasteiger partial charge in [-0.05, 0) is 47.8 Å². The molecule has 0 spiro atoms. The number of carboxylic acids is 1. The monoisotopic (exact) mass is 340 g/mol. The van der Waals surface area contributed by atoms with E-state index in [1.54, 1.807) is 6.07 Å². The van der Waals surface area contributed by atoms with Gasteiger partial charge in [-0.25, -0.2) is 4.98 Å². The molecule has 1 aromatic rings. The smallest absolute Gasteiger partial charge is 0.307 e. The molecule has 1 saturated carbocycles. The summed E-state index contributed by atoms with van der Waals surface area (Å²) in [6.45, 7) is 1.83. The van der Waals surface area contributed by atoms with Crippen LogP contribution < -0.4 is 5.32 Å². The largest absolute Gasteiger partial charge is 0.481 e. The number of aromatic nitrogens is 1. The molecular weight excluding hydrogens is 324 g/mol. The molecule has 1 amide bonds. The normalized spacial score (nSPS) is 22.3. The summed E-state index contributed by atoms with van der Waals surface area (Å²) in [6, 6.07) is 3.51. The number of hydrogen-bond acceptors (Lipinski definition) is 3. The number of anilines is 1. The molecule has 20 heavy (non-hydrogen) atoms. The Balaban J connectivity index is 2.09. The fourth-order valence-corrected chi connectivity index (χ4v) is 2.79. The maximum Gasteiger partial charge on any atom is 0.307 e. The summed E-state index contributed by atoms with van der Waals surface area (Å²) in [5.74, 6) is -1.71. The van der Waals surface area contributed by atoms with Gasteiger partial charge < -0.3 is 10.4 Å². The summed E-state index contributed by atoms with van der Waals surface area (Å²) in [5.41, 5.74) is 0.779. The Morgan fingerprint density at radius 3 is 2.55 bits per heavy atom. The van der Waals surface area contributed by atoms with E-state index in [-0.39, 0.29) is 5.91 Å². The van der Waals surface area contributed by atoms with Gasteiger partial charge in [0.25, 0.3) is 0 Å². The van der Waals surface area contributed by atoms with E-state index < -0.39 is 17.8 Å². The van der Waals surface area contributed by atoms with E-state index in [0.717, 1.165) is 23.0 Å². The Morgan fingerprint density at radius 2 is 1.95 bits per heavy atom. The number of halogens is 1. The van der Waals surface area contributed by atoms with E-state index in [9.17, 15) is 14.7 Å². The lowest BCUT2D eigenvalue weighted by Gasteiger charge is -2.27. The van der Waals surface area contributed by atoms with Crippen LogP contribution in [-0.4, -0.2) is 22.0 Å². The molecule has 6 heteroatoms. The molecule has 5 nitrogen and oxygen atoms in total. The number of hydrogen-bond donors (Lipinski definition) is 2. The SMILES string of the molecule is Cc1nc(NC(=O)[C@@H]2CCCC[C@@H]2C(=O)O)ccc1Br. The third kappa shape index (κ3) is 3.36. The highest BCUT2D eigenvalue weighted by molar-refractivity contribution is 9.10. The zero-order chi connectivity index (χ0) is 14.7. The third-order valence-corrected chi connectivity index (χ3v) is 4.53. The van der Waals surface area contributed by atoms with Crippen molar-refractivity contribution in [3.05, 3.63) is 22.3 Å². The van der Waals surface area contributed by atoms with Crippen molar-refractivity contribution in [3.8, 4) is 0 Å². The summed E-state index contributed by atoms with van der Waals surface area (Å²) < 4.78 is 0.872. The summed E-state index contributed by atoms with van der Waals surface area (Å²) in [6.07, 6.45) is 2.96. The minimum Gasteiger partial charge on any atom is -0.481 e. The maximum atomic E-state index is 12.3. The van der Waals surface area contributed by atoms with Crippen molar-refractivity contribution in [2.75, 3.05) is 5.32 Å². The first-order valence-corrected chi connectivity index (χ1v) is 7.45. The van der Waals surface area contributed by atoms with Gasteiger partial charge in [0.05, 0.1) is 17.5 Å². The van der Waals surface area contributed by atoms with Gasteiger partial charge in [0.2, 0.25) is 5.91 Å². The molecule has 0 unspecified atom stereocenters. The quantitative estimate of drug-likeness (QED) is 0.886. The summed E-state index contributed by atoms with van der Waals surface area (Å²) in [4.78, 5) is 27.7. The highest BCUT2D eigenvalue weighted by Crippen LogP contribution is 2.31. The van der Waals surface area contributed by atoms with Crippen molar-refractivity contribution in [2.45, 2.75) is 32.6 Å². The molecule has 1 aliphatic carbocycles.